The monoisotopic (exact) mass is 324 g/mol. The van der Waals surface area contributed by atoms with Crippen LogP contribution in [-0.2, 0) is 23.3 Å². The quantitative estimate of drug-likeness (QED) is 0.547. The van der Waals surface area contributed by atoms with Crippen LogP contribution in [0.25, 0.3) is 0 Å². The van der Waals surface area contributed by atoms with Crippen molar-refractivity contribution < 1.29 is 23.3 Å². The van der Waals surface area contributed by atoms with Gasteiger partial charge in [0.1, 0.15) is 0 Å². The Morgan fingerprint density at radius 3 is 1.24 bits per heavy atom. The molecule has 0 fully saturated rings. The molecule has 0 N–H and O–H groups in total. The lowest BCUT2D eigenvalue weighted by Gasteiger charge is -2.42. The topological polar surface area (TPSA) is 84.0 Å². The van der Waals surface area contributed by atoms with Crippen molar-refractivity contribution in [3.8, 4) is 0 Å². The van der Waals surface area contributed by atoms with Crippen molar-refractivity contribution in [2.45, 2.75) is 26.2 Å². The minimum absolute atomic E-state index is 0.556. The molecule has 0 unspecified atom stereocenters. The molecule has 0 aromatic rings. The highest BCUT2D eigenvalue weighted by atomic mass is 28.4. The molecule has 0 radical (unpaired) electrons. The molecule has 0 saturated heterocycles. The Kier molecular flexibility index (Phi) is 3.60. The van der Waals surface area contributed by atoms with Crippen LogP contribution in [0.4, 0.5) is 0 Å². The maximum absolute atomic E-state index is 12.0. The van der Waals surface area contributed by atoms with E-state index in [1.807, 2.05) is 19.6 Å². The van der Waals surface area contributed by atoms with Gasteiger partial charge in [-0.1, -0.05) is 0 Å². The highest BCUT2D eigenvalue weighted by Gasteiger charge is 2.57. The SMILES string of the molecule is C[Si](C)(C)O[Si](C)(N1C(=O)C=CC1=O)N1C(=O)C=CC1=O. The van der Waals surface area contributed by atoms with Crippen LogP contribution in [0.3, 0.4) is 0 Å². The molecule has 2 heterocycles. The van der Waals surface area contributed by atoms with Gasteiger partial charge in [0.15, 0.2) is 8.32 Å². The first-order chi connectivity index (χ1) is 9.56. The first kappa shape index (κ1) is 15.5. The lowest BCUT2D eigenvalue weighted by atomic mass is 10.6. The van der Waals surface area contributed by atoms with E-state index in [-0.39, 0.29) is 0 Å². The Labute approximate surface area is 124 Å². The van der Waals surface area contributed by atoms with Crippen molar-refractivity contribution in [1.82, 2.24) is 9.13 Å². The molecule has 2 aliphatic rings. The Bertz CT molecular complexity index is 527. The lowest BCUT2D eigenvalue weighted by Crippen LogP contribution is -2.71. The number of hydrogen-bond acceptors (Lipinski definition) is 5. The van der Waals surface area contributed by atoms with Crippen LogP contribution in [0.2, 0.25) is 26.2 Å². The zero-order valence-electron chi connectivity index (χ0n) is 12.2. The fourth-order valence-electron chi connectivity index (χ4n) is 2.39. The number of rotatable bonds is 4. The molecule has 0 saturated carbocycles. The second-order valence-corrected chi connectivity index (χ2v) is 13.6. The summed E-state index contributed by atoms with van der Waals surface area (Å²) in [5.74, 6) is -2.22. The second kappa shape index (κ2) is 4.86. The van der Waals surface area contributed by atoms with E-state index in [2.05, 4.69) is 0 Å². The molecule has 0 bridgehead atoms. The highest BCUT2D eigenvalue weighted by Crippen LogP contribution is 2.28. The third kappa shape index (κ3) is 2.67. The van der Waals surface area contributed by atoms with Gasteiger partial charge in [0.2, 0.25) is 23.6 Å². The predicted molar refractivity (Wildman–Crippen MR) is 78.0 cm³/mol. The van der Waals surface area contributed by atoms with Crippen LogP contribution in [0.15, 0.2) is 24.3 Å². The van der Waals surface area contributed by atoms with Gasteiger partial charge >= 0.3 is 8.64 Å². The van der Waals surface area contributed by atoms with Crippen molar-refractivity contribution in [3.63, 3.8) is 0 Å². The van der Waals surface area contributed by atoms with Crippen molar-refractivity contribution in [2.24, 2.45) is 0 Å². The normalized spacial score (nSPS) is 19.4. The largest absolute Gasteiger partial charge is 0.425 e. The van der Waals surface area contributed by atoms with Crippen LogP contribution in [0.1, 0.15) is 0 Å². The fourth-order valence-corrected chi connectivity index (χ4v) is 9.89. The molecule has 2 rings (SSSR count). The number of carbonyl (C=O) groups excluding carboxylic acids is 4. The second-order valence-electron chi connectivity index (χ2n) is 5.84. The first-order valence-corrected chi connectivity index (χ1v) is 12.1. The third-order valence-corrected chi connectivity index (χ3v) is 9.49. The minimum atomic E-state index is -3.57. The molecule has 4 amide bonds. The number of carbonyl (C=O) groups is 4. The summed E-state index contributed by atoms with van der Waals surface area (Å²) in [5.41, 5.74) is 0. The maximum atomic E-state index is 12.0. The fraction of sp³-hybridized carbons (Fsp3) is 0.333. The van der Waals surface area contributed by atoms with Gasteiger partial charge in [-0.25, -0.2) is 0 Å². The molecule has 112 valence electrons. The first-order valence-electron chi connectivity index (χ1n) is 6.39. The minimum Gasteiger partial charge on any atom is -0.425 e. The van der Waals surface area contributed by atoms with Crippen LogP contribution in [0.5, 0.6) is 0 Å². The molecule has 0 aromatic heterocycles. The van der Waals surface area contributed by atoms with Gasteiger partial charge in [-0.15, -0.1) is 0 Å². The molecule has 0 spiro atoms. The van der Waals surface area contributed by atoms with Crippen LogP contribution >= 0.6 is 0 Å². The average molecular weight is 324 g/mol. The molecule has 0 aromatic carbocycles. The van der Waals surface area contributed by atoms with Crippen LogP contribution in [-0.4, -0.2) is 49.7 Å². The molecule has 2 aliphatic heterocycles. The van der Waals surface area contributed by atoms with Gasteiger partial charge in [-0.3, -0.25) is 28.3 Å². The van der Waals surface area contributed by atoms with E-state index in [0.717, 1.165) is 33.4 Å². The summed E-state index contributed by atoms with van der Waals surface area (Å²) in [6.07, 6.45) is 4.50. The summed E-state index contributed by atoms with van der Waals surface area (Å²) < 4.78 is 7.92. The van der Waals surface area contributed by atoms with E-state index >= 15 is 0 Å². The van der Waals surface area contributed by atoms with E-state index in [1.54, 1.807) is 0 Å². The summed E-state index contributed by atoms with van der Waals surface area (Å²) in [6, 6.07) is 0. The smallest absolute Gasteiger partial charge is 0.424 e. The summed E-state index contributed by atoms with van der Waals surface area (Å²) in [7, 11) is -5.80. The maximum Gasteiger partial charge on any atom is 0.424 e. The van der Waals surface area contributed by atoms with Gasteiger partial charge in [-0.05, 0) is 26.2 Å². The zero-order valence-corrected chi connectivity index (χ0v) is 14.2. The van der Waals surface area contributed by atoms with Gasteiger partial charge in [0.25, 0.3) is 0 Å². The van der Waals surface area contributed by atoms with E-state index < -0.39 is 40.6 Å². The van der Waals surface area contributed by atoms with Gasteiger partial charge in [-0.2, -0.15) is 0 Å². The molecule has 21 heavy (non-hydrogen) atoms. The van der Waals surface area contributed by atoms with Gasteiger partial charge in [0, 0.05) is 24.3 Å². The molecule has 0 aliphatic carbocycles. The number of amides is 4. The Hall–Kier alpha value is -1.85. The lowest BCUT2D eigenvalue weighted by molar-refractivity contribution is -0.135. The Morgan fingerprint density at radius 2 is 1.00 bits per heavy atom. The van der Waals surface area contributed by atoms with E-state index in [0.29, 0.717) is 0 Å². The van der Waals surface area contributed by atoms with Crippen molar-refractivity contribution in [2.75, 3.05) is 0 Å². The standard InChI is InChI=1S/C12H16N2O5Si2/c1-20(2,3)19-21(4,13-9(15)5-6-10(13)16)14-11(17)7-8-12(14)18/h5-8H,1-4H3. The summed E-state index contributed by atoms with van der Waals surface area (Å²) in [4.78, 5) is 48.0. The molecule has 7 nitrogen and oxygen atoms in total. The predicted octanol–water partition coefficient (Wildman–Crippen LogP) is 0.257. The van der Waals surface area contributed by atoms with E-state index in [1.165, 1.54) is 6.55 Å². The molecular formula is C12H16N2O5Si2. The molecule has 9 heteroatoms. The summed E-state index contributed by atoms with van der Waals surface area (Å²) >= 11 is 0. The Morgan fingerprint density at radius 1 is 0.714 bits per heavy atom. The highest BCUT2D eigenvalue weighted by molar-refractivity contribution is 6.87. The number of nitrogens with zero attached hydrogens (tertiary/aromatic N) is 2. The number of hydrogen-bond donors (Lipinski definition) is 0. The van der Waals surface area contributed by atoms with Crippen LogP contribution in [0, 0.1) is 0 Å². The summed E-state index contributed by atoms with van der Waals surface area (Å²) in [5, 5.41) is 0. The van der Waals surface area contributed by atoms with Crippen molar-refractivity contribution >= 4 is 40.6 Å². The molecular weight excluding hydrogens is 308 g/mol. The van der Waals surface area contributed by atoms with Crippen molar-refractivity contribution in [3.05, 3.63) is 24.3 Å². The Balaban J connectivity index is 2.50. The average Bonchev–Trinajstić information content (AvgIpc) is 2.80. The van der Waals surface area contributed by atoms with Crippen LogP contribution < -0.4 is 0 Å². The summed E-state index contributed by atoms with van der Waals surface area (Å²) in [6.45, 7) is 7.14. The van der Waals surface area contributed by atoms with Crippen molar-refractivity contribution in [1.29, 1.82) is 0 Å². The molecule has 0 atom stereocenters. The van der Waals surface area contributed by atoms with E-state index in [4.69, 9.17) is 4.12 Å². The third-order valence-electron chi connectivity index (χ3n) is 2.95. The zero-order chi connectivity index (χ0) is 16.0. The van der Waals surface area contributed by atoms with Gasteiger partial charge < -0.3 is 4.12 Å². The van der Waals surface area contributed by atoms with E-state index in [9.17, 15) is 19.2 Å². The van der Waals surface area contributed by atoms with Gasteiger partial charge in [0.05, 0.1) is 0 Å². The number of imide groups is 2.